The van der Waals surface area contributed by atoms with Crippen LogP contribution < -0.4 is 15.4 Å². The largest absolute Gasteiger partial charge is 0.489 e. The van der Waals surface area contributed by atoms with Gasteiger partial charge in [-0.25, -0.2) is 4.39 Å². The lowest BCUT2D eigenvalue weighted by atomic mass is 10.1. The normalized spacial score (nSPS) is 15.2. The zero-order chi connectivity index (χ0) is 24.7. The van der Waals surface area contributed by atoms with Gasteiger partial charge in [-0.15, -0.1) is 0 Å². The van der Waals surface area contributed by atoms with E-state index in [1.54, 1.807) is 30.3 Å². The first-order valence-electron chi connectivity index (χ1n) is 10.7. The Morgan fingerprint density at radius 3 is 2.53 bits per heavy atom. The van der Waals surface area contributed by atoms with Gasteiger partial charge in [0.2, 0.25) is 0 Å². The van der Waals surface area contributed by atoms with E-state index < -0.39 is 10.1 Å². The minimum absolute atomic E-state index is 0.0666. The van der Waals surface area contributed by atoms with Gasteiger partial charge in [-0.05, 0) is 44.0 Å². The molecule has 0 aliphatic carbocycles. The molecule has 0 radical (unpaired) electrons. The number of ether oxygens (including phenoxy) is 1. The number of aliphatic hydroxyl groups excluding tert-OH is 1. The fourth-order valence-corrected chi connectivity index (χ4v) is 3.68. The van der Waals surface area contributed by atoms with Crippen LogP contribution in [0.2, 0.25) is 0 Å². The van der Waals surface area contributed by atoms with Crippen molar-refractivity contribution in [2.75, 3.05) is 31.1 Å². The van der Waals surface area contributed by atoms with E-state index >= 15 is 0 Å². The molecular weight excluding hydrogens is 465 g/mol. The van der Waals surface area contributed by atoms with E-state index in [4.69, 9.17) is 19.4 Å². The van der Waals surface area contributed by atoms with Crippen LogP contribution in [0.3, 0.4) is 0 Å². The number of aliphatic hydroxyl groups is 1. The highest BCUT2D eigenvalue weighted by Gasteiger charge is 2.21. The van der Waals surface area contributed by atoms with Crippen molar-refractivity contribution in [3.63, 3.8) is 0 Å². The number of oxazole rings is 1. The summed E-state index contributed by atoms with van der Waals surface area (Å²) in [4.78, 5) is 6.41. The molecule has 0 spiro atoms. The first-order chi connectivity index (χ1) is 16.2. The van der Waals surface area contributed by atoms with Crippen molar-refractivity contribution in [2.24, 2.45) is 5.73 Å². The Morgan fingerprint density at radius 1 is 1.26 bits per heavy atom. The van der Waals surface area contributed by atoms with Crippen LogP contribution in [0.25, 0.3) is 11.1 Å². The van der Waals surface area contributed by atoms with Crippen LogP contribution in [-0.4, -0.2) is 55.4 Å². The molecule has 1 aliphatic heterocycles. The quantitative estimate of drug-likeness (QED) is 0.442. The molecule has 4 N–H and O–H groups in total. The van der Waals surface area contributed by atoms with Crippen LogP contribution in [0.5, 0.6) is 5.75 Å². The van der Waals surface area contributed by atoms with Crippen LogP contribution in [0.4, 0.5) is 10.4 Å². The van der Waals surface area contributed by atoms with Crippen molar-refractivity contribution < 1.29 is 31.6 Å². The number of anilines is 1. The summed E-state index contributed by atoms with van der Waals surface area (Å²) in [5.41, 5.74) is 8.08. The average Bonchev–Trinajstić information content (AvgIpc) is 3.24. The standard InChI is InChI=1S/C16H20FN3O3.C7H8O3S/c17-8-11(9-18)10-22-13-1-2-14-15(7-13)23-16(19-14)20-5-3-12(21)4-6-20;1-6-2-4-7(5-3-6)11(8,9)10/h1-2,7-8,12,21H,3-6,9-10,18H2;2-5H,1H3,(H,8,9,10)/b11-8-;. The smallest absolute Gasteiger partial charge is 0.298 e. The SMILES string of the molecule is Cc1ccc(S(=O)(=O)O)cc1.NC/C(=C/F)COc1ccc2nc(N3CCC(O)CC3)oc2c1. The molecule has 0 amide bonds. The Labute approximate surface area is 197 Å². The van der Waals surface area contributed by atoms with E-state index in [1.165, 1.54) is 12.1 Å². The summed E-state index contributed by atoms with van der Waals surface area (Å²) in [6, 6.07) is 11.8. The summed E-state index contributed by atoms with van der Waals surface area (Å²) in [5.74, 6) is 0.571. The summed E-state index contributed by atoms with van der Waals surface area (Å²) in [7, 11) is -4.02. The summed E-state index contributed by atoms with van der Waals surface area (Å²) >= 11 is 0. The number of hydrogen-bond donors (Lipinski definition) is 3. The number of halogens is 1. The number of piperidine rings is 1. The second-order valence-corrected chi connectivity index (χ2v) is 9.31. The van der Waals surface area contributed by atoms with Gasteiger partial charge >= 0.3 is 0 Å². The molecule has 9 nitrogen and oxygen atoms in total. The van der Waals surface area contributed by atoms with Crippen molar-refractivity contribution in [3.05, 3.63) is 59.9 Å². The van der Waals surface area contributed by atoms with Crippen LogP contribution in [-0.2, 0) is 10.1 Å². The lowest BCUT2D eigenvalue weighted by Crippen LogP contribution is -2.35. The van der Waals surface area contributed by atoms with E-state index in [-0.39, 0.29) is 24.2 Å². The van der Waals surface area contributed by atoms with E-state index in [9.17, 15) is 17.9 Å². The third kappa shape index (κ3) is 7.00. The van der Waals surface area contributed by atoms with Crippen LogP contribution in [0.15, 0.2) is 63.7 Å². The van der Waals surface area contributed by atoms with Gasteiger partial charge in [0.1, 0.15) is 17.9 Å². The van der Waals surface area contributed by atoms with Crippen LogP contribution in [0.1, 0.15) is 18.4 Å². The molecule has 184 valence electrons. The topological polar surface area (TPSA) is 139 Å². The predicted molar refractivity (Wildman–Crippen MR) is 126 cm³/mol. The highest BCUT2D eigenvalue weighted by atomic mass is 32.2. The van der Waals surface area contributed by atoms with Gasteiger partial charge in [-0.1, -0.05) is 17.7 Å². The Hall–Kier alpha value is -2.99. The zero-order valence-corrected chi connectivity index (χ0v) is 19.5. The fourth-order valence-electron chi connectivity index (χ4n) is 3.20. The van der Waals surface area contributed by atoms with Crippen molar-refractivity contribution in [2.45, 2.75) is 30.8 Å². The first kappa shape index (κ1) is 25.6. The van der Waals surface area contributed by atoms with Gasteiger partial charge in [0.05, 0.1) is 17.3 Å². The monoisotopic (exact) mass is 493 g/mol. The van der Waals surface area contributed by atoms with E-state index in [2.05, 4.69) is 4.98 Å². The van der Waals surface area contributed by atoms with Gasteiger partial charge in [-0.3, -0.25) is 4.55 Å². The second kappa shape index (κ2) is 11.4. The predicted octanol–water partition coefficient (Wildman–Crippen LogP) is 3.22. The maximum absolute atomic E-state index is 12.5. The summed E-state index contributed by atoms with van der Waals surface area (Å²) < 4.78 is 53.3. The molecule has 1 aliphatic rings. The molecule has 1 aromatic heterocycles. The Morgan fingerprint density at radius 2 is 1.94 bits per heavy atom. The Bertz CT molecular complexity index is 1220. The zero-order valence-electron chi connectivity index (χ0n) is 18.7. The number of aryl methyl sites for hydroxylation is 1. The molecule has 2 heterocycles. The molecule has 1 fully saturated rings. The molecule has 3 aromatic rings. The van der Waals surface area contributed by atoms with Crippen LogP contribution >= 0.6 is 0 Å². The first-order valence-corrected chi connectivity index (χ1v) is 12.1. The molecule has 0 atom stereocenters. The van der Waals surface area contributed by atoms with Gasteiger partial charge in [0, 0.05) is 31.3 Å². The molecular formula is C23H28FN3O6S. The Balaban J connectivity index is 0.000000248. The lowest BCUT2D eigenvalue weighted by Gasteiger charge is -2.27. The van der Waals surface area contributed by atoms with Crippen LogP contribution in [0, 0.1) is 6.92 Å². The lowest BCUT2D eigenvalue weighted by molar-refractivity contribution is 0.144. The maximum atomic E-state index is 12.5. The molecule has 0 saturated carbocycles. The van der Waals surface area contributed by atoms with Gasteiger partial charge < -0.3 is 24.9 Å². The summed E-state index contributed by atoms with van der Waals surface area (Å²) in [6.45, 7) is 3.50. The van der Waals surface area contributed by atoms with Crippen molar-refractivity contribution in [1.29, 1.82) is 0 Å². The summed E-state index contributed by atoms with van der Waals surface area (Å²) in [5, 5.41) is 9.56. The van der Waals surface area contributed by atoms with Gasteiger partial charge in [0.25, 0.3) is 16.1 Å². The van der Waals surface area contributed by atoms with Gasteiger partial charge in [0.15, 0.2) is 5.58 Å². The third-order valence-corrected chi connectivity index (χ3v) is 6.11. The van der Waals surface area contributed by atoms with Gasteiger partial charge in [-0.2, -0.15) is 13.4 Å². The van der Waals surface area contributed by atoms with E-state index in [0.29, 0.717) is 42.1 Å². The molecule has 2 aromatic carbocycles. The highest BCUT2D eigenvalue weighted by Crippen LogP contribution is 2.27. The molecule has 0 unspecified atom stereocenters. The second-order valence-electron chi connectivity index (χ2n) is 7.89. The minimum Gasteiger partial charge on any atom is -0.489 e. The number of rotatable bonds is 6. The van der Waals surface area contributed by atoms with Crippen molar-refractivity contribution in [1.82, 2.24) is 4.98 Å². The minimum atomic E-state index is -4.02. The van der Waals surface area contributed by atoms with Crippen molar-refractivity contribution in [3.8, 4) is 5.75 Å². The number of aromatic nitrogens is 1. The molecule has 34 heavy (non-hydrogen) atoms. The highest BCUT2D eigenvalue weighted by molar-refractivity contribution is 7.85. The van der Waals surface area contributed by atoms with Crippen molar-refractivity contribution >= 4 is 27.2 Å². The number of nitrogens with zero attached hydrogens (tertiary/aromatic N) is 2. The molecule has 4 rings (SSSR count). The molecule has 1 saturated heterocycles. The molecule has 11 heteroatoms. The molecule has 0 bridgehead atoms. The van der Waals surface area contributed by atoms with E-state index in [1.807, 2.05) is 11.8 Å². The number of benzene rings is 2. The maximum Gasteiger partial charge on any atom is 0.298 e. The third-order valence-electron chi connectivity index (χ3n) is 5.24. The summed E-state index contributed by atoms with van der Waals surface area (Å²) in [6.07, 6.45) is 1.65. The number of fused-ring (bicyclic) bond motifs is 1. The number of hydrogen-bond acceptors (Lipinski definition) is 8. The Kier molecular flexibility index (Phi) is 8.61. The number of nitrogens with two attached hydrogens (primary N) is 1. The fraction of sp³-hybridized carbons (Fsp3) is 0.348. The van der Waals surface area contributed by atoms with E-state index in [0.717, 1.165) is 24.2 Å². The average molecular weight is 494 g/mol.